The molecular weight excluding hydrogens is 389 g/mol. The van der Waals surface area contributed by atoms with Crippen LogP contribution in [-0.2, 0) is 11.9 Å². The molecule has 0 saturated carbocycles. The number of nitrogens with zero attached hydrogens (tertiary/aromatic N) is 3. The molecular formula is C19H15F3N4O3. The summed E-state index contributed by atoms with van der Waals surface area (Å²) in [5.74, 6) is 0.542. The van der Waals surface area contributed by atoms with E-state index in [-0.39, 0.29) is 5.75 Å². The van der Waals surface area contributed by atoms with Crippen molar-refractivity contribution in [3.63, 3.8) is 0 Å². The van der Waals surface area contributed by atoms with E-state index >= 15 is 0 Å². The van der Waals surface area contributed by atoms with Crippen LogP contribution in [0.1, 0.15) is 11.7 Å². The van der Waals surface area contributed by atoms with Crippen LogP contribution in [-0.4, -0.2) is 21.1 Å². The van der Waals surface area contributed by atoms with Crippen LogP contribution in [0.25, 0.3) is 11.4 Å². The number of benzene rings is 1. The first-order valence-electron chi connectivity index (χ1n) is 8.49. The zero-order chi connectivity index (χ0) is 20.4. The molecule has 0 spiro atoms. The van der Waals surface area contributed by atoms with E-state index in [4.69, 9.17) is 9.57 Å². The Morgan fingerprint density at radius 3 is 2.45 bits per heavy atom. The average Bonchev–Trinajstić information content (AvgIpc) is 3.31. The van der Waals surface area contributed by atoms with E-state index in [1.54, 1.807) is 35.3 Å². The summed E-state index contributed by atoms with van der Waals surface area (Å²) < 4.78 is 48.0. The Bertz CT molecular complexity index is 1010. The number of alkyl halides is 3. The Hall–Kier alpha value is -3.53. The molecule has 0 unspecified atom stereocenters. The fourth-order valence-electron chi connectivity index (χ4n) is 2.75. The highest BCUT2D eigenvalue weighted by Crippen LogP contribution is 2.29. The lowest BCUT2D eigenvalue weighted by Gasteiger charge is -2.11. The molecule has 0 aliphatic carbocycles. The van der Waals surface area contributed by atoms with Gasteiger partial charge in [0, 0.05) is 19.3 Å². The highest BCUT2D eigenvalue weighted by molar-refractivity contribution is 5.54. The molecule has 0 fully saturated rings. The van der Waals surface area contributed by atoms with E-state index in [1.165, 1.54) is 24.3 Å². The summed E-state index contributed by atoms with van der Waals surface area (Å²) in [5, 5.41) is 4.10. The standard InChI is InChI=1S/C19H15F3N4O3/c1-26-16(8-9-24-26)15-7-6-14(11-23-15)27-18-10-17(29-25-18)12-2-4-13(5-3-12)28-19(20,21)22/h2-11,17,25H,1H3/t17-/m0/s1. The van der Waals surface area contributed by atoms with Gasteiger partial charge in [-0.05, 0) is 35.9 Å². The number of hydroxylamine groups is 1. The van der Waals surface area contributed by atoms with Crippen LogP contribution in [0.2, 0.25) is 0 Å². The van der Waals surface area contributed by atoms with E-state index in [0.717, 1.165) is 11.4 Å². The van der Waals surface area contributed by atoms with Crippen molar-refractivity contribution in [3.05, 3.63) is 72.4 Å². The molecule has 1 N–H and O–H groups in total. The monoisotopic (exact) mass is 404 g/mol. The Morgan fingerprint density at radius 2 is 1.83 bits per heavy atom. The number of aryl methyl sites for hydroxylation is 1. The minimum Gasteiger partial charge on any atom is -0.438 e. The second kappa shape index (κ2) is 7.47. The van der Waals surface area contributed by atoms with Crippen molar-refractivity contribution < 1.29 is 27.5 Å². The molecule has 1 aliphatic heterocycles. The molecule has 3 aromatic rings. The van der Waals surface area contributed by atoms with Crippen LogP contribution in [0.5, 0.6) is 11.5 Å². The fraction of sp³-hybridized carbons (Fsp3) is 0.158. The van der Waals surface area contributed by atoms with Gasteiger partial charge in [0.2, 0.25) is 5.88 Å². The summed E-state index contributed by atoms with van der Waals surface area (Å²) >= 11 is 0. The topological polar surface area (TPSA) is 70.4 Å². The maximum atomic E-state index is 12.2. The Kier molecular flexibility index (Phi) is 4.85. The number of hydrogen-bond acceptors (Lipinski definition) is 6. The summed E-state index contributed by atoms with van der Waals surface area (Å²) in [5.41, 5.74) is 4.90. The molecule has 2 aromatic heterocycles. The van der Waals surface area contributed by atoms with Crippen molar-refractivity contribution in [1.29, 1.82) is 0 Å². The van der Waals surface area contributed by atoms with Gasteiger partial charge >= 0.3 is 6.36 Å². The van der Waals surface area contributed by atoms with Crippen LogP contribution in [0.3, 0.4) is 0 Å². The van der Waals surface area contributed by atoms with Crippen LogP contribution < -0.4 is 15.0 Å². The van der Waals surface area contributed by atoms with Gasteiger partial charge in [0.15, 0.2) is 0 Å². The second-order valence-electron chi connectivity index (χ2n) is 6.11. The van der Waals surface area contributed by atoms with Gasteiger partial charge < -0.3 is 9.47 Å². The van der Waals surface area contributed by atoms with Gasteiger partial charge in [-0.25, -0.2) is 5.48 Å². The molecule has 1 aliphatic rings. The van der Waals surface area contributed by atoms with Crippen molar-refractivity contribution in [3.8, 4) is 22.9 Å². The number of ether oxygens (including phenoxy) is 2. The lowest BCUT2D eigenvalue weighted by atomic mass is 10.1. The Labute approximate surface area is 163 Å². The molecule has 1 aromatic carbocycles. The third-order valence-electron chi connectivity index (χ3n) is 4.08. The molecule has 10 heteroatoms. The highest BCUT2D eigenvalue weighted by atomic mass is 19.4. The molecule has 150 valence electrons. The predicted molar refractivity (Wildman–Crippen MR) is 95.2 cm³/mol. The van der Waals surface area contributed by atoms with Crippen molar-refractivity contribution >= 4 is 0 Å². The molecule has 29 heavy (non-hydrogen) atoms. The van der Waals surface area contributed by atoms with Crippen LogP contribution in [0.15, 0.2) is 66.8 Å². The lowest BCUT2D eigenvalue weighted by molar-refractivity contribution is -0.274. The van der Waals surface area contributed by atoms with E-state index in [2.05, 4.69) is 20.3 Å². The van der Waals surface area contributed by atoms with E-state index in [1.807, 2.05) is 13.1 Å². The Balaban J connectivity index is 1.41. The van der Waals surface area contributed by atoms with Crippen molar-refractivity contribution in [2.24, 2.45) is 7.05 Å². The van der Waals surface area contributed by atoms with E-state index in [0.29, 0.717) is 17.2 Å². The van der Waals surface area contributed by atoms with E-state index in [9.17, 15) is 13.2 Å². The van der Waals surface area contributed by atoms with Gasteiger partial charge in [0.25, 0.3) is 0 Å². The maximum absolute atomic E-state index is 12.2. The number of hydrogen-bond donors (Lipinski definition) is 1. The number of nitrogens with one attached hydrogen (secondary N) is 1. The summed E-state index contributed by atoms with van der Waals surface area (Å²) in [6.07, 6.45) is -0.329. The van der Waals surface area contributed by atoms with Crippen LogP contribution >= 0.6 is 0 Å². The molecule has 3 heterocycles. The summed E-state index contributed by atoms with van der Waals surface area (Å²) in [7, 11) is 1.83. The number of halogens is 3. The first kappa shape index (κ1) is 18.8. The largest absolute Gasteiger partial charge is 0.573 e. The molecule has 4 rings (SSSR count). The smallest absolute Gasteiger partial charge is 0.438 e. The van der Waals surface area contributed by atoms with Crippen molar-refractivity contribution in [1.82, 2.24) is 20.2 Å². The zero-order valence-corrected chi connectivity index (χ0v) is 15.1. The number of rotatable bonds is 5. The summed E-state index contributed by atoms with van der Waals surface area (Å²) in [4.78, 5) is 9.75. The SMILES string of the molecule is Cn1nccc1-c1ccc(OC2=C[C@@H](c3ccc(OC(F)(F)F)cc3)ON2)cn1. The Morgan fingerprint density at radius 1 is 1.07 bits per heavy atom. The molecule has 0 bridgehead atoms. The van der Waals surface area contributed by atoms with Crippen molar-refractivity contribution in [2.45, 2.75) is 12.5 Å². The lowest BCUT2D eigenvalue weighted by Crippen LogP contribution is -2.17. The first-order chi connectivity index (χ1) is 13.9. The van der Waals surface area contributed by atoms with Gasteiger partial charge in [-0.3, -0.25) is 14.5 Å². The van der Waals surface area contributed by atoms with Gasteiger partial charge in [-0.2, -0.15) is 5.10 Å². The van der Waals surface area contributed by atoms with Gasteiger partial charge in [0.05, 0.1) is 17.6 Å². The normalized spacial score (nSPS) is 16.3. The molecule has 0 radical (unpaired) electrons. The highest BCUT2D eigenvalue weighted by Gasteiger charge is 2.31. The quantitative estimate of drug-likeness (QED) is 0.696. The minimum absolute atomic E-state index is 0.299. The number of pyridine rings is 1. The van der Waals surface area contributed by atoms with Gasteiger partial charge in [0.1, 0.15) is 17.6 Å². The molecule has 7 nitrogen and oxygen atoms in total. The first-order valence-corrected chi connectivity index (χ1v) is 8.49. The van der Waals surface area contributed by atoms with Crippen LogP contribution in [0.4, 0.5) is 13.2 Å². The summed E-state index contributed by atoms with van der Waals surface area (Å²) in [6.45, 7) is 0. The fourth-order valence-corrected chi connectivity index (χ4v) is 2.75. The zero-order valence-electron chi connectivity index (χ0n) is 15.1. The molecule has 1 atom stereocenters. The second-order valence-corrected chi connectivity index (χ2v) is 6.11. The number of aromatic nitrogens is 3. The summed E-state index contributed by atoms with van der Waals surface area (Å²) in [6, 6.07) is 10.8. The van der Waals surface area contributed by atoms with E-state index < -0.39 is 12.5 Å². The van der Waals surface area contributed by atoms with Gasteiger partial charge in [-0.15, -0.1) is 13.2 Å². The minimum atomic E-state index is -4.73. The molecule has 0 saturated heterocycles. The van der Waals surface area contributed by atoms with Crippen LogP contribution in [0, 0.1) is 0 Å². The predicted octanol–water partition coefficient (Wildman–Crippen LogP) is 3.88. The average molecular weight is 404 g/mol. The maximum Gasteiger partial charge on any atom is 0.573 e. The van der Waals surface area contributed by atoms with Crippen molar-refractivity contribution in [2.75, 3.05) is 0 Å². The van der Waals surface area contributed by atoms with Gasteiger partial charge in [-0.1, -0.05) is 12.1 Å². The third-order valence-corrected chi connectivity index (χ3v) is 4.08. The molecule has 0 amide bonds. The third kappa shape index (κ3) is 4.49.